The summed E-state index contributed by atoms with van der Waals surface area (Å²) in [6.07, 6.45) is 0.973. The highest BCUT2D eigenvalue weighted by atomic mass is 16.5. The number of carbonyl (C=O) groups is 3. The number of hydrazine groups is 1. The summed E-state index contributed by atoms with van der Waals surface area (Å²) in [5.74, 6) is -1.56. The predicted octanol–water partition coefficient (Wildman–Crippen LogP) is 1.72. The van der Waals surface area contributed by atoms with Gasteiger partial charge in [-0.15, -0.1) is 0 Å². The minimum atomic E-state index is -0.986. The lowest BCUT2D eigenvalue weighted by molar-refractivity contribution is -0.131. The molecule has 2 amide bonds. The Hall–Kier alpha value is -3.61. The van der Waals surface area contributed by atoms with Gasteiger partial charge in [0.05, 0.1) is 11.1 Å². The van der Waals surface area contributed by atoms with Crippen molar-refractivity contribution in [3.63, 3.8) is 0 Å². The zero-order valence-electron chi connectivity index (χ0n) is 14.6. The third-order valence-corrected chi connectivity index (χ3v) is 4.63. The quantitative estimate of drug-likeness (QED) is 0.536. The number of cyclic esters (lactones) is 1. The number of nitrogens with one attached hydrogen (secondary N) is 2. The van der Waals surface area contributed by atoms with E-state index < -0.39 is 23.9 Å². The highest BCUT2D eigenvalue weighted by molar-refractivity contribution is 6.07. The van der Waals surface area contributed by atoms with Crippen molar-refractivity contribution in [2.45, 2.75) is 12.5 Å². The van der Waals surface area contributed by atoms with Crippen LogP contribution in [0.1, 0.15) is 26.3 Å². The molecule has 0 radical (unpaired) electrons. The summed E-state index contributed by atoms with van der Waals surface area (Å²) in [6, 6.07) is 14.5. The van der Waals surface area contributed by atoms with Gasteiger partial charge in [-0.3, -0.25) is 20.4 Å². The van der Waals surface area contributed by atoms with Crippen molar-refractivity contribution in [3.05, 3.63) is 71.4 Å². The Morgan fingerprint density at radius 2 is 1.81 bits per heavy atom. The van der Waals surface area contributed by atoms with Crippen molar-refractivity contribution in [1.29, 1.82) is 0 Å². The van der Waals surface area contributed by atoms with Gasteiger partial charge in [0.1, 0.15) is 0 Å². The summed E-state index contributed by atoms with van der Waals surface area (Å²) < 4.78 is 7.02. The van der Waals surface area contributed by atoms with Gasteiger partial charge in [-0.25, -0.2) is 4.79 Å². The van der Waals surface area contributed by atoms with Crippen LogP contribution in [0.15, 0.2) is 54.7 Å². The number of hydrogen-bond donors (Lipinski definition) is 2. The van der Waals surface area contributed by atoms with Gasteiger partial charge in [0.25, 0.3) is 11.8 Å². The Morgan fingerprint density at radius 1 is 1.07 bits per heavy atom. The molecule has 1 atom stereocenters. The summed E-state index contributed by atoms with van der Waals surface area (Å²) >= 11 is 0. The molecule has 1 aliphatic rings. The molecule has 7 heteroatoms. The van der Waals surface area contributed by atoms with E-state index in [1.54, 1.807) is 30.5 Å². The van der Waals surface area contributed by atoms with Crippen molar-refractivity contribution in [2.24, 2.45) is 7.05 Å². The number of aryl methyl sites for hydroxylation is 1. The molecule has 0 saturated carbocycles. The van der Waals surface area contributed by atoms with E-state index in [0.29, 0.717) is 11.1 Å². The Bertz CT molecular complexity index is 1070. The van der Waals surface area contributed by atoms with Gasteiger partial charge >= 0.3 is 5.97 Å². The van der Waals surface area contributed by atoms with Crippen LogP contribution in [-0.2, 0) is 23.0 Å². The van der Waals surface area contributed by atoms with E-state index >= 15 is 0 Å². The Morgan fingerprint density at radius 3 is 2.67 bits per heavy atom. The Balaban J connectivity index is 1.45. The van der Waals surface area contributed by atoms with E-state index in [0.717, 1.165) is 16.5 Å². The number of aromatic nitrogens is 1. The fourth-order valence-electron chi connectivity index (χ4n) is 3.27. The molecule has 7 nitrogen and oxygen atoms in total. The molecule has 0 fully saturated rings. The first-order valence-corrected chi connectivity index (χ1v) is 8.48. The van der Waals surface area contributed by atoms with Crippen LogP contribution in [0.3, 0.4) is 0 Å². The second kappa shape index (κ2) is 6.60. The molecule has 2 N–H and O–H groups in total. The maximum absolute atomic E-state index is 12.5. The molecule has 2 aromatic carbocycles. The van der Waals surface area contributed by atoms with E-state index in [1.165, 1.54) is 0 Å². The SMILES string of the molecule is Cn1cc(C(=O)NNC(=O)C2Cc3ccccc3C(=O)O2)c2ccccc21. The van der Waals surface area contributed by atoms with Gasteiger partial charge in [-0.05, 0) is 17.7 Å². The number of amides is 2. The number of para-hydroxylation sites is 1. The summed E-state index contributed by atoms with van der Waals surface area (Å²) in [5.41, 5.74) is 7.31. The summed E-state index contributed by atoms with van der Waals surface area (Å²) in [6.45, 7) is 0. The van der Waals surface area contributed by atoms with Crippen molar-refractivity contribution in [3.8, 4) is 0 Å². The molecule has 4 rings (SSSR count). The zero-order valence-corrected chi connectivity index (χ0v) is 14.6. The standard InChI is InChI=1S/C20H17N3O4/c1-23-11-15(14-8-4-5-9-16(14)23)18(24)21-22-19(25)17-10-12-6-2-3-7-13(12)20(26)27-17/h2-9,11,17H,10H2,1H3,(H,21,24)(H,22,25). The fourth-order valence-corrected chi connectivity index (χ4v) is 3.27. The molecule has 2 heterocycles. The first kappa shape index (κ1) is 16.8. The first-order chi connectivity index (χ1) is 13.0. The second-order valence-corrected chi connectivity index (χ2v) is 6.37. The lowest BCUT2D eigenvalue weighted by Crippen LogP contribution is -2.49. The maximum atomic E-state index is 12.5. The average Bonchev–Trinajstić information content (AvgIpc) is 3.03. The molecular weight excluding hydrogens is 346 g/mol. The average molecular weight is 363 g/mol. The van der Waals surface area contributed by atoms with E-state index in [9.17, 15) is 14.4 Å². The second-order valence-electron chi connectivity index (χ2n) is 6.37. The van der Waals surface area contributed by atoms with E-state index in [4.69, 9.17) is 4.74 Å². The van der Waals surface area contributed by atoms with E-state index in [-0.39, 0.29) is 6.42 Å². The molecule has 3 aromatic rings. The molecule has 0 bridgehead atoms. The molecule has 1 aliphatic heterocycles. The molecule has 1 aromatic heterocycles. The van der Waals surface area contributed by atoms with Gasteiger partial charge in [0.15, 0.2) is 6.10 Å². The van der Waals surface area contributed by atoms with Crippen molar-refractivity contribution < 1.29 is 19.1 Å². The molecule has 136 valence electrons. The molecular formula is C20H17N3O4. The number of nitrogens with zero attached hydrogens (tertiary/aromatic N) is 1. The van der Waals surface area contributed by atoms with Crippen LogP contribution in [0.2, 0.25) is 0 Å². The molecule has 27 heavy (non-hydrogen) atoms. The van der Waals surface area contributed by atoms with E-state index in [2.05, 4.69) is 10.9 Å². The molecule has 1 unspecified atom stereocenters. The van der Waals surface area contributed by atoms with Crippen LogP contribution in [-0.4, -0.2) is 28.5 Å². The van der Waals surface area contributed by atoms with Gasteiger partial charge < -0.3 is 9.30 Å². The van der Waals surface area contributed by atoms with Gasteiger partial charge in [0.2, 0.25) is 0 Å². The number of carbonyl (C=O) groups excluding carboxylic acids is 3. The minimum absolute atomic E-state index is 0.262. The van der Waals surface area contributed by atoms with E-state index in [1.807, 2.05) is 35.9 Å². The maximum Gasteiger partial charge on any atom is 0.339 e. The van der Waals surface area contributed by atoms with Crippen molar-refractivity contribution in [2.75, 3.05) is 0 Å². The number of ether oxygens (including phenoxy) is 1. The smallest absolute Gasteiger partial charge is 0.339 e. The molecule has 0 aliphatic carbocycles. The summed E-state index contributed by atoms with van der Waals surface area (Å²) in [7, 11) is 1.84. The first-order valence-electron chi connectivity index (χ1n) is 8.48. The molecule has 0 saturated heterocycles. The number of fused-ring (bicyclic) bond motifs is 2. The van der Waals surface area contributed by atoms with Gasteiger partial charge in [-0.2, -0.15) is 0 Å². The van der Waals surface area contributed by atoms with Crippen molar-refractivity contribution >= 4 is 28.7 Å². The van der Waals surface area contributed by atoms with Crippen LogP contribution in [0, 0.1) is 0 Å². The highest BCUT2D eigenvalue weighted by Gasteiger charge is 2.31. The summed E-state index contributed by atoms with van der Waals surface area (Å²) in [4.78, 5) is 36.8. The largest absolute Gasteiger partial charge is 0.448 e. The van der Waals surface area contributed by atoms with Crippen LogP contribution >= 0.6 is 0 Å². The topological polar surface area (TPSA) is 89.4 Å². The highest BCUT2D eigenvalue weighted by Crippen LogP contribution is 2.21. The number of rotatable bonds is 2. The van der Waals surface area contributed by atoms with Crippen LogP contribution < -0.4 is 10.9 Å². The Labute approximate surface area is 154 Å². The van der Waals surface area contributed by atoms with Crippen LogP contribution in [0.25, 0.3) is 10.9 Å². The van der Waals surface area contributed by atoms with Crippen LogP contribution in [0.4, 0.5) is 0 Å². The number of benzene rings is 2. The number of hydrogen-bond acceptors (Lipinski definition) is 4. The summed E-state index contributed by atoms with van der Waals surface area (Å²) in [5, 5.41) is 0.782. The Kier molecular flexibility index (Phi) is 4.12. The molecule has 0 spiro atoms. The monoisotopic (exact) mass is 363 g/mol. The lowest BCUT2D eigenvalue weighted by Gasteiger charge is -2.23. The third kappa shape index (κ3) is 3.03. The van der Waals surface area contributed by atoms with Crippen molar-refractivity contribution in [1.82, 2.24) is 15.4 Å². The van der Waals surface area contributed by atoms with Crippen LogP contribution in [0.5, 0.6) is 0 Å². The van der Waals surface area contributed by atoms with Gasteiger partial charge in [0, 0.05) is 30.6 Å². The lowest BCUT2D eigenvalue weighted by atomic mass is 9.98. The normalized spacial score (nSPS) is 15.7. The fraction of sp³-hybridized carbons (Fsp3) is 0.150. The minimum Gasteiger partial charge on any atom is -0.448 e. The number of esters is 1. The van der Waals surface area contributed by atoms with Gasteiger partial charge in [-0.1, -0.05) is 36.4 Å². The zero-order chi connectivity index (χ0) is 19.0. The predicted molar refractivity (Wildman–Crippen MR) is 97.9 cm³/mol. The third-order valence-electron chi connectivity index (χ3n) is 4.63.